The summed E-state index contributed by atoms with van der Waals surface area (Å²) in [6.07, 6.45) is 0.508. The topological polar surface area (TPSA) is 72.2 Å². The van der Waals surface area contributed by atoms with Gasteiger partial charge in [-0.25, -0.2) is 22.3 Å². The van der Waals surface area contributed by atoms with Gasteiger partial charge in [-0.2, -0.15) is 0 Å². The van der Waals surface area contributed by atoms with Crippen LogP contribution in [0.1, 0.15) is 5.56 Å². The lowest BCUT2D eigenvalue weighted by atomic mass is 10.1. The molecule has 2 aromatic carbocycles. The van der Waals surface area contributed by atoms with Crippen LogP contribution >= 0.6 is 0 Å². The average Bonchev–Trinajstić information content (AvgIpc) is 2.39. The molecule has 0 saturated carbocycles. The molecule has 0 atom stereocenters. The standard InChI is InChI=1S/C14H14F2N2O2S/c15-11-3-1-2-10(8-11)6-7-18-14-5-4-12(9-13(14)16)21(17,19)20/h1-5,8-9,18H,6-7H2,(H2,17,19,20). The molecule has 4 nitrogen and oxygen atoms in total. The molecule has 2 rings (SSSR count). The highest BCUT2D eigenvalue weighted by Gasteiger charge is 2.11. The number of nitrogens with one attached hydrogen (secondary N) is 1. The Morgan fingerprint density at radius 1 is 1.10 bits per heavy atom. The van der Waals surface area contributed by atoms with E-state index in [1.54, 1.807) is 12.1 Å². The number of halogens is 2. The molecule has 0 bridgehead atoms. The van der Waals surface area contributed by atoms with Crippen molar-refractivity contribution < 1.29 is 17.2 Å². The van der Waals surface area contributed by atoms with Gasteiger partial charge in [-0.15, -0.1) is 0 Å². The van der Waals surface area contributed by atoms with Gasteiger partial charge in [0.1, 0.15) is 11.6 Å². The molecular weight excluding hydrogens is 298 g/mol. The third kappa shape index (κ3) is 4.24. The number of hydrogen-bond donors (Lipinski definition) is 2. The van der Waals surface area contributed by atoms with E-state index < -0.39 is 15.8 Å². The van der Waals surface area contributed by atoms with Crippen LogP contribution in [-0.2, 0) is 16.4 Å². The van der Waals surface area contributed by atoms with Gasteiger partial charge >= 0.3 is 0 Å². The minimum atomic E-state index is -3.92. The van der Waals surface area contributed by atoms with Gasteiger partial charge in [-0.05, 0) is 42.3 Å². The van der Waals surface area contributed by atoms with Gasteiger partial charge in [0.05, 0.1) is 10.6 Å². The summed E-state index contributed by atoms with van der Waals surface area (Å²) < 4.78 is 48.9. The van der Waals surface area contributed by atoms with E-state index in [1.807, 2.05) is 0 Å². The molecule has 0 spiro atoms. The fraction of sp³-hybridized carbons (Fsp3) is 0.143. The molecule has 0 aliphatic rings. The summed E-state index contributed by atoms with van der Waals surface area (Å²) in [7, 11) is -3.92. The molecule has 0 unspecified atom stereocenters. The Labute approximate surface area is 121 Å². The van der Waals surface area contributed by atoms with Crippen LogP contribution in [0.15, 0.2) is 47.4 Å². The minimum Gasteiger partial charge on any atom is -0.382 e. The Morgan fingerprint density at radius 2 is 1.86 bits per heavy atom. The van der Waals surface area contributed by atoms with E-state index in [0.717, 1.165) is 11.6 Å². The molecule has 7 heteroatoms. The van der Waals surface area contributed by atoms with E-state index in [9.17, 15) is 17.2 Å². The fourth-order valence-corrected chi connectivity index (χ4v) is 2.38. The summed E-state index contributed by atoms with van der Waals surface area (Å²) in [4.78, 5) is -0.282. The van der Waals surface area contributed by atoms with E-state index >= 15 is 0 Å². The summed E-state index contributed by atoms with van der Waals surface area (Å²) in [5.74, 6) is -1.03. The first kappa shape index (κ1) is 15.4. The highest BCUT2D eigenvalue weighted by atomic mass is 32.2. The number of benzene rings is 2. The zero-order valence-electron chi connectivity index (χ0n) is 11.0. The minimum absolute atomic E-state index is 0.166. The van der Waals surface area contributed by atoms with Crippen molar-refractivity contribution in [3.05, 3.63) is 59.7 Å². The monoisotopic (exact) mass is 312 g/mol. The van der Waals surface area contributed by atoms with Crippen molar-refractivity contribution in [3.63, 3.8) is 0 Å². The molecule has 0 radical (unpaired) electrons. The molecule has 0 aliphatic carbocycles. The maximum absolute atomic E-state index is 13.7. The molecule has 21 heavy (non-hydrogen) atoms. The first-order valence-electron chi connectivity index (χ1n) is 6.17. The third-order valence-electron chi connectivity index (χ3n) is 2.89. The maximum atomic E-state index is 13.7. The predicted octanol–water partition coefficient (Wildman–Crippen LogP) is 2.27. The van der Waals surface area contributed by atoms with Gasteiger partial charge in [0, 0.05) is 6.54 Å². The van der Waals surface area contributed by atoms with Gasteiger partial charge < -0.3 is 5.32 Å². The van der Waals surface area contributed by atoms with Crippen molar-refractivity contribution in [3.8, 4) is 0 Å². The molecule has 0 heterocycles. The lowest BCUT2D eigenvalue weighted by Gasteiger charge is -2.08. The third-order valence-corrected chi connectivity index (χ3v) is 3.80. The largest absolute Gasteiger partial charge is 0.382 e. The van der Waals surface area contributed by atoms with E-state index in [0.29, 0.717) is 13.0 Å². The number of anilines is 1. The highest BCUT2D eigenvalue weighted by Crippen LogP contribution is 2.18. The number of nitrogens with two attached hydrogens (primary N) is 1. The molecule has 0 aromatic heterocycles. The number of primary sulfonamides is 1. The predicted molar refractivity (Wildman–Crippen MR) is 76.4 cm³/mol. The summed E-state index contributed by atoms with van der Waals surface area (Å²) in [5, 5.41) is 7.74. The maximum Gasteiger partial charge on any atom is 0.238 e. The van der Waals surface area contributed by atoms with Crippen LogP contribution in [0.3, 0.4) is 0 Å². The van der Waals surface area contributed by atoms with E-state index in [1.165, 1.54) is 24.3 Å². The van der Waals surface area contributed by atoms with Gasteiger partial charge in [-0.3, -0.25) is 0 Å². The van der Waals surface area contributed by atoms with Crippen LogP contribution in [0.25, 0.3) is 0 Å². The fourth-order valence-electron chi connectivity index (χ4n) is 1.85. The van der Waals surface area contributed by atoms with Crippen LogP contribution in [0, 0.1) is 11.6 Å². The van der Waals surface area contributed by atoms with Crippen LogP contribution in [0.4, 0.5) is 14.5 Å². The first-order chi connectivity index (χ1) is 9.86. The zero-order chi connectivity index (χ0) is 15.5. The van der Waals surface area contributed by atoms with Crippen molar-refractivity contribution in [1.29, 1.82) is 0 Å². The number of hydrogen-bond acceptors (Lipinski definition) is 3. The molecule has 0 saturated heterocycles. The number of rotatable bonds is 5. The highest BCUT2D eigenvalue weighted by molar-refractivity contribution is 7.89. The summed E-state index contributed by atoms with van der Waals surface area (Å²) in [6, 6.07) is 9.52. The lowest BCUT2D eigenvalue weighted by Crippen LogP contribution is -2.13. The SMILES string of the molecule is NS(=O)(=O)c1ccc(NCCc2cccc(F)c2)c(F)c1. The zero-order valence-corrected chi connectivity index (χ0v) is 11.8. The van der Waals surface area contributed by atoms with E-state index in [-0.39, 0.29) is 16.4 Å². The first-order valence-corrected chi connectivity index (χ1v) is 7.71. The van der Waals surface area contributed by atoms with Crippen molar-refractivity contribution >= 4 is 15.7 Å². The second-order valence-corrected chi connectivity index (χ2v) is 6.05. The van der Waals surface area contributed by atoms with Gasteiger partial charge in [0.25, 0.3) is 0 Å². The molecule has 3 N–H and O–H groups in total. The quantitative estimate of drug-likeness (QED) is 0.889. The normalized spacial score (nSPS) is 11.4. The van der Waals surface area contributed by atoms with Gasteiger partial charge in [-0.1, -0.05) is 12.1 Å². The van der Waals surface area contributed by atoms with Crippen LogP contribution in [-0.4, -0.2) is 15.0 Å². The molecular formula is C14H14F2N2O2S. The van der Waals surface area contributed by atoms with Crippen LogP contribution in [0.5, 0.6) is 0 Å². The Kier molecular flexibility index (Phi) is 4.54. The van der Waals surface area contributed by atoms with Crippen molar-refractivity contribution in [1.82, 2.24) is 0 Å². The molecule has 112 valence electrons. The van der Waals surface area contributed by atoms with E-state index in [4.69, 9.17) is 5.14 Å². The second kappa shape index (κ2) is 6.19. The number of sulfonamides is 1. The Morgan fingerprint density at radius 3 is 2.48 bits per heavy atom. The average molecular weight is 312 g/mol. The summed E-state index contributed by atoms with van der Waals surface area (Å²) >= 11 is 0. The Balaban J connectivity index is 2.01. The van der Waals surface area contributed by atoms with Crippen molar-refractivity contribution in [2.45, 2.75) is 11.3 Å². The summed E-state index contributed by atoms with van der Waals surface area (Å²) in [6.45, 7) is 0.384. The lowest BCUT2D eigenvalue weighted by molar-refractivity contribution is 0.593. The smallest absolute Gasteiger partial charge is 0.238 e. The van der Waals surface area contributed by atoms with Crippen molar-refractivity contribution in [2.75, 3.05) is 11.9 Å². The molecule has 0 amide bonds. The second-order valence-electron chi connectivity index (χ2n) is 4.49. The van der Waals surface area contributed by atoms with Crippen LogP contribution < -0.4 is 10.5 Å². The molecule has 2 aromatic rings. The van der Waals surface area contributed by atoms with E-state index in [2.05, 4.69) is 5.32 Å². The summed E-state index contributed by atoms with van der Waals surface area (Å²) in [5.41, 5.74) is 0.947. The molecule has 0 aliphatic heterocycles. The Hall–Kier alpha value is -1.99. The Bertz CT molecular complexity index is 748. The van der Waals surface area contributed by atoms with Crippen molar-refractivity contribution in [2.24, 2.45) is 5.14 Å². The van der Waals surface area contributed by atoms with Gasteiger partial charge in [0.15, 0.2) is 0 Å². The van der Waals surface area contributed by atoms with Crippen LogP contribution in [0.2, 0.25) is 0 Å². The van der Waals surface area contributed by atoms with Gasteiger partial charge in [0.2, 0.25) is 10.0 Å². The molecule has 0 fully saturated rings.